The summed E-state index contributed by atoms with van der Waals surface area (Å²) in [6, 6.07) is 7.23. The molecule has 120 valence electrons. The number of ether oxygens (including phenoxy) is 1. The molecule has 1 aromatic carbocycles. The second-order valence-electron chi connectivity index (χ2n) is 5.67. The molecule has 23 heavy (non-hydrogen) atoms. The Morgan fingerprint density at radius 3 is 2.87 bits per heavy atom. The Hall–Kier alpha value is -2.41. The zero-order chi connectivity index (χ0) is 16.4. The van der Waals surface area contributed by atoms with Crippen LogP contribution in [0.2, 0.25) is 5.02 Å². The molecule has 2 aromatic rings. The first-order valence-corrected chi connectivity index (χ1v) is 7.51. The quantitative estimate of drug-likeness (QED) is 0.641. The Morgan fingerprint density at radius 1 is 1.43 bits per heavy atom. The highest BCUT2D eigenvalue weighted by Gasteiger charge is 2.42. The summed E-state index contributed by atoms with van der Waals surface area (Å²) in [7, 11) is 0. The van der Waals surface area contributed by atoms with Crippen molar-refractivity contribution in [2.45, 2.75) is 31.9 Å². The second-order valence-corrected chi connectivity index (χ2v) is 6.11. The van der Waals surface area contributed by atoms with E-state index >= 15 is 0 Å². The molecule has 0 radical (unpaired) electrons. The van der Waals surface area contributed by atoms with Crippen molar-refractivity contribution in [2.24, 2.45) is 0 Å². The van der Waals surface area contributed by atoms with Crippen molar-refractivity contribution in [2.75, 3.05) is 5.32 Å². The summed E-state index contributed by atoms with van der Waals surface area (Å²) in [4.78, 5) is 18.8. The standard InChI is InChI=1S/C15H15ClN4O3/c1-15(5-6-15)23-14-12(20(21)22)13(18-9-19-14)17-8-10-3-2-4-11(16)7-10/h2-4,7,9H,5-6,8H2,1H3,(H,17,18,19). The molecule has 0 atom stereocenters. The van der Waals surface area contributed by atoms with Gasteiger partial charge in [0.15, 0.2) is 0 Å². The van der Waals surface area contributed by atoms with Gasteiger partial charge in [-0.15, -0.1) is 0 Å². The molecular formula is C15H15ClN4O3. The molecule has 0 bridgehead atoms. The summed E-state index contributed by atoms with van der Waals surface area (Å²) in [6.07, 6.45) is 2.98. The fourth-order valence-electron chi connectivity index (χ4n) is 2.08. The van der Waals surface area contributed by atoms with Crippen molar-refractivity contribution in [3.05, 3.63) is 51.3 Å². The van der Waals surface area contributed by atoms with Gasteiger partial charge in [0.25, 0.3) is 5.88 Å². The van der Waals surface area contributed by atoms with Crippen LogP contribution in [-0.4, -0.2) is 20.5 Å². The zero-order valence-electron chi connectivity index (χ0n) is 12.5. The van der Waals surface area contributed by atoms with Crippen molar-refractivity contribution in [3.8, 4) is 5.88 Å². The van der Waals surface area contributed by atoms with Crippen molar-refractivity contribution in [1.82, 2.24) is 9.97 Å². The van der Waals surface area contributed by atoms with Gasteiger partial charge in [0, 0.05) is 11.6 Å². The van der Waals surface area contributed by atoms with E-state index in [0.717, 1.165) is 18.4 Å². The molecular weight excluding hydrogens is 320 g/mol. The van der Waals surface area contributed by atoms with Crippen molar-refractivity contribution in [1.29, 1.82) is 0 Å². The normalized spacial score (nSPS) is 15.0. The lowest BCUT2D eigenvalue weighted by Crippen LogP contribution is -2.15. The third-order valence-corrected chi connectivity index (χ3v) is 3.85. The maximum Gasteiger partial charge on any atom is 0.372 e. The Bertz CT molecular complexity index is 749. The molecule has 0 unspecified atom stereocenters. The predicted octanol–water partition coefficient (Wildman–Crippen LogP) is 3.58. The number of nitrogens with zero attached hydrogens (tertiary/aromatic N) is 3. The smallest absolute Gasteiger partial charge is 0.372 e. The lowest BCUT2D eigenvalue weighted by atomic mass is 10.2. The van der Waals surface area contributed by atoms with Crippen LogP contribution in [0.1, 0.15) is 25.3 Å². The topological polar surface area (TPSA) is 90.2 Å². The number of hydrogen-bond donors (Lipinski definition) is 1. The zero-order valence-corrected chi connectivity index (χ0v) is 13.2. The second kappa shape index (κ2) is 6.00. The van der Waals surface area contributed by atoms with Gasteiger partial charge in [-0.1, -0.05) is 23.7 Å². The van der Waals surface area contributed by atoms with Crippen molar-refractivity contribution < 1.29 is 9.66 Å². The molecule has 1 aliphatic rings. The van der Waals surface area contributed by atoms with Crippen LogP contribution in [0.5, 0.6) is 5.88 Å². The third-order valence-electron chi connectivity index (χ3n) is 3.62. The van der Waals surface area contributed by atoms with Crippen molar-refractivity contribution in [3.63, 3.8) is 0 Å². The molecule has 0 amide bonds. The third kappa shape index (κ3) is 3.68. The first-order chi connectivity index (χ1) is 11.0. The number of nitrogens with one attached hydrogen (secondary N) is 1. The van der Waals surface area contributed by atoms with Gasteiger partial charge in [-0.05, 0) is 37.5 Å². The maximum atomic E-state index is 11.4. The van der Waals surface area contributed by atoms with E-state index in [1.54, 1.807) is 12.1 Å². The molecule has 1 heterocycles. The van der Waals surface area contributed by atoms with E-state index in [1.165, 1.54) is 6.33 Å². The SMILES string of the molecule is CC1(Oc2ncnc(NCc3cccc(Cl)c3)c2[N+](=O)[O-])CC1. The molecule has 0 saturated heterocycles. The van der Waals surface area contributed by atoms with Crippen LogP contribution in [0.15, 0.2) is 30.6 Å². The lowest BCUT2D eigenvalue weighted by Gasteiger charge is -2.13. The van der Waals surface area contributed by atoms with Gasteiger partial charge in [0.05, 0.1) is 4.92 Å². The molecule has 0 aliphatic heterocycles. The van der Waals surface area contributed by atoms with Crippen LogP contribution < -0.4 is 10.1 Å². The summed E-state index contributed by atoms with van der Waals surface area (Å²) in [5, 5.41) is 15.0. The van der Waals surface area contributed by atoms with Gasteiger partial charge in [0.1, 0.15) is 11.9 Å². The van der Waals surface area contributed by atoms with Gasteiger partial charge in [0.2, 0.25) is 5.82 Å². The minimum atomic E-state index is -0.526. The fraction of sp³-hybridized carbons (Fsp3) is 0.333. The summed E-state index contributed by atoms with van der Waals surface area (Å²) < 4.78 is 5.66. The van der Waals surface area contributed by atoms with E-state index in [-0.39, 0.29) is 23.0 Å². The Morgan fingerprint density at radius 2 is 2.22 bits per heavy atom. The minimum absolute atomic E-state index is 0.00130. The molecule has 7 nitrogen and oxygen atoms in total. The Labute approximate surface area is 137 Å². The average Bonchev–Trinajstić information content (AvgIpc) is 3.22. The average molecular weight is 335 g/mol. The highest BCUT2D eigenvalue weighted by atomic mass is 35.5. The van der Waals surface area contributed by atoms with Gasteiger partial charge in [-0.3, -0.25) is 10.1 Å². The Kier molecular flexibility index (Phi) is 4.04. The van der Waals surface area contributed by atoms with Crippen molar-refractivity contribution >= 4 is 23.1 Å². The summed E-state index contributed by atoms with van der Waals surface area (Å²) >= 11 is 5.93. The van der Waals surface area contributed by atoms with E-state index < -0.39 is 4.92 Å². The largest absolute Gasteiger partial charge is 0.466 e. The van der Waals surface area contributed by atoms with Crippen LogP contribution in [0.4, 0.5) is 11.5 Å². The van der Waals surface area contributed by atoms with Gasteiger partial charge >= 0.3 is 5.69 Å². The summed E-state index contributed by atoms with van der Waals surface area (Å²) in [5.74, 6) is 0.128. The first-order valence-electron chi connectivity index (χ1n) is 7.14. The van der Waals surface area contributed by atoms with E-state index in [4.69, 9.17) is 16.3 Å². The number of rotatable bonds is 6. The summed E-state index contributed by atoms with van der Waals surface area (Å²) in [6.45, 7) is 2.26. The van der Waals surface area contributed by atoms with Crippen LogP contribution in [0, 0.1) is 10.1 Å². The highest BCUT2D eigenvalue weighted by Crippen LogP contribution is 2.42. The summed E-state index contributed by atoms with van der Waals surface area (Å²) in [5.41, 5.74) is 0.285. The van der Waals surface area contributed by atoms with Gasteiger partial charge < -0.3 is 10.1 Å². The van der Waals surface area contributed by atoms with Crippen LogP contribution in [0.25, 0.3) is 0 Å². The Balaban J connectivity index is 1.83. The molecule has 1 saturated carbocycles. The monoisotopic (exact) mass is 334 g/mol. The van der Waals surface area contributed by atoms with Gasteiger partial charge in [-0.25, -0.2) is 4.98 Å². The maximum absolute atomic E-state index is 11.4. The molecule has 3 rings (SSSR count). The first kappa shape index (κ1) is 15.5. The molecule has 8 heteroatoms. The molecule has 0 spiro atoms. The van der Waals surface area contributed by atoms with Crippen LogP contribution in [0.3, 0.4) is 0 Å². The minimum Gasteiger partial charge on any atom is -0.466 e. The molecule has 1 aliphatic carbocycles. The van der Waals surface area contributed by atoms with Crippen LogP contribution >= 0.6 is 11.6 Å². The number of anilines is 1. The number of hydrogen-bond acceptors (Lipinski definition) is 6. The van der Waals surface area contributed by atoms with Gasteiger partial charge in [-0.2, -0.15) is 4.98 Å². The lowest BCUT2D eigenvalue weighted by molar-refractivity contribution is -0.385. The molecule has 1 N–H and O–H groups in total. The predicted molar refractivity (Wildman–Crippen MR) is 85.7 cm³/mol. The van der Waals surface area contributed by atoms with E-state index in [2.05, 4.69) is 15.3 Å². The van der Waals surface area contributed by atoms with E-state index in [0.29, 0.717) is 11.6 Å². The number of nitro groups is 1. The van der Waals surface area contributed by atoms with Crippen LogP contribution in [-0.2, 0) is 6.54 Å². The number of halogens is 1. The van der Waals surface area contributed by atoms with E-state index in [1.807, 2.05) is 19.1 Å². The molecule has 1 fully saturated rings. The highest BCUT2D eigenvalue weighted by molar-refractivity contribution is 6.30. The fourth-order valence-corrected chi connectivity index (χ4v) is 2.29. The molecule has 1 aromatic heterocycles. The number of benzene rings is 1. The number of aromatic nitrogens is 2. The van der Waals surface area contributed by atoms with E-state index in [9.17, 15) is 10.1 Å².